The highest BCUT2D eigenvalue weighted by Gasteiger charge is 2.07. The molecule has 1 aromatic heterocycles. The van der Waals surface area contributed by atoms with Gasteiger partial charge in [-0.15, -0.1) is 0 Å². The minimum absolute atomic E-state index is 0.538. The Balaban J connectivity index is 1.83. The van der Waals surface area contributed by atoms with Crippen LogP contribution in [-0.2, 0) is 12.8 Å². The van der Waals surface area contributed by atoms with Crippen LogP contribution in [0.15, 0.2) is 36.4 Å². The fourth-order valence-corrected chi connectivity index (χ4v) is 2.64. The average molecular weight is 305 g/mol. The first kappa shape index (κ1) is 13.5. The normalized spacial score (nSPS) is 11.2. The van der Waals surface area contributed by atoms with Gasteiger partial charge in [0.05, 0.1) is 21.1 Å². The molecule has 0 atom stereocenters. The van der Waals surface area contributed by atoms with Crippen LogP contribution in [0.5, 0.6) is 0 Å². The number of nitrogens with zero attached hydrogens (tertiary/aromatic N) is 1. The second kappa shape index (κ2) is 5.47. The van der Waals surface area contributed by atoms with Crippen molar-refractivity contribution in [2.75, 3.05) is 0 Å². The number of halogens is 2. The van der Waals surface area contributed by atoms with Crippen molar-refractivity contribution in [3.8, 4) is 0 Å². The summed E-state index contributed by atoms with van der Waals surface area (Å²) in [5.74, 6) is 0.960. The van der Waals surface area contributed by atoms with E-state index in [9.17, 15) is 0 Å². The minimum atomic E-state index is 0.538. The molecule has 102 valence electrons. The summed E-state index contributed by atoms with van der Waals surface area (Å²) in [6.45, 7) is 2.13. The summed E-state index contributed by atoms with van der Waals surface area (Å²) < 4.78 is 0. The van der Waals surface area contributed by atoms with Gasteiger partial charge in [0.1, 0.15) is 5.82 Å². The van der Waals surface area contributed by atoms with E-state index < -0.39 is 0 Å². The predicted molar refractivity (Wildman–Crippen MR) is 84.7 cm³/mol. The molecule has 1 heterocycles. The van der Waals surface area contributed by atoms with Crippen LogP contribution in [0, 0.1) is 6.92 Å². The number of H-pyrrole nitrogens is 1. The summed E-state index contributed by atoms with van der Waals surface area (Å²) in [6, 6.07) is 12.0. The molecular formula is C16H14Cl2N2. The zero-order valence-corrected chi connectivity index (χ0v) is 12.6. The minimum Gasteiger partial charge on any atom is -0.342 e. The van der Waals surface area contributed by atoms with Crippen LogP contribution in [0.25, 0.3) is 11.0 Å². The Hall–Kier alpha value is -1.51. The van der Waals surface area contributed by atoms with Crippen molar-refractivity contribution in [1.29, 1.82) is 0 Å². The van der Waals surface area contributed by atoms with Crippen molar-refractivity contribution in [2.24, 2.45) is 0 Å². The van der Waals surface area contributed by atoms with Gasteiger partial charge in [0.15, 0.2) is 0 Å². The van der Waals surface area contributed by atoms with E-state index in [2.05, 4.69) is 41.2 Å². The average Bonchev–Trinajstić information content (AvgIpc) is 2.80. The van der Waals surface area contributed by atoms with Crippen molar-refractivity contribution in [3.63, 3.8) is 0 Å². The molecule has 0 unspecified atom stereocenters. The first-order valence-corrected chi connectivity index (χ1v) is 7.27. The number of aromatic amines is 1. The number of aromatic nitrogens is 2. The Morgan fingerprint density at radius 2 is 1.80 bits per heavy atom. The number of fused-ring (bicyclic) bond motifs is 1. The molecule has 0 amide bonds. The molecule has 1 N–H and O–H groups in total. The second-order valence-electron chi connectivity index (χ2n) is 4.89. The molecular weight excluding hydrogens is 291 g/mol. The van der Waals surface area contributed by atoms with E-state index in [-0.39, 0.29) is 0 Å². The highest BCUT2D eigenvalue weighted by Crippen LogP contribution is 2.26. The third kappa shape index (κ3) is 2.67. The number of imidazole rings is 1. The lowest BCUT2D eigenvalue weighted by atomic mass is 10.0. The summed E-state index contributed by atoms with van der Waals surface area (Å²) in [5, 5.41) is 1.09. The molecule has 0 aliphatic heterocycles. The molecule has 4 heteroatoms. The topological polar surface area (TPSA) is 28.7 Å². The number of benzene rings is 2. The van der Waals surface area contributed by atoms with Crippen molar-refractivity contribution in [2.45, 2.75) is 19.8 Å². The maximum absolute atomic E-state index is 6.01. The molecule has 0 fully saturated rings. The molecule has 20 heavy (non-hydrogen) atoms. The van der Waals surface area contributed by atoms with Gasteiger partial charge in [-0.2, -0.15) is 0 Å². The van der Waals surface area contributed by atoms with E-state index in [0.29, 0.717) is 10.0 Å². The fraction of sp³-hybridized carbons (Fsp3) is 0.188. The van der Waals surface area contributed by atoms with Crippen LogP contribution in [0.3, 0.4) is 0 Å². The molecule has 2 aromatic carbocycles. The predicted octanol–water partition coefficient (Wildman–Crippen LogP) is 4.96. The van der Waals surface area contributed by atoms with Gasteiger partial charge in [-0.05, 0) is 36.6 Å². The van der Waals surface area contributed by atoms with Crippen molar-refractivity contribution < 1.29 is 0 Å². The molecule has 3 aromatic rings. The van der Waals surface area contributed by atoms with Gasteiger partial charge in [-0.25, -0.2) is 4.98 Å². The molecule has 3 rings (SSSR count). The summed E-state index contributed by atoms with van der Waals surface area (Å²) in [7, 11) is 0. The Labute approximate surface area is 127 Å². The zero-order chi connectivity index (χ0) is 14.1. The lowest BCUT2D eigenvalue weighted by molar-refractivity contribution is 0.884. The quantitative estimate of drug-likeness (QED) is 0.727. The van der Waals surface area contributed by atoms with Crippen molar-refractivity contribution >= 4 is 34.2 Å². The molecule has 2 nitrogen and oxygen atoms in total. The number of hydrogen-bond donors (Lipinski definition) is 1. The smallest absolute Gasteiger partial charge is 0.107 e. The van der Waals surface area contributed by atoms with E-state index in [1.54, 1.807) is 6.07 Å². The number of aryl methyl sites for hydroxylation is 3. The third-order valence-electron chi connectivity index (χ3n) is 3.47. The van der Waals surface area contributed by atoms with Crippen LogP contribution >= 0.6 is 23.2 Å². The number of rotatable bonds is 3. The maximum atomic E-state index is 6.01. The Morgan fingerprint density at radius 1 is 1.05 bits per heavy atom. The molecule has 0 aliphatic rings. The lowest BCUT2D eigenvalue weighted by Gasteiger charge is -2.03. The Morgan fingerprint density at radius 3 is 2.60 bits per heavy atom. The molecule has 0 saturated heterocycles. The number of hydrogen-bond acceptors (Lipinski definition) is 1. The third-order valence-corrected chi connectivity index (χ3v) is 4.19. The monoisotopic (exact) mass is 304 g/mol. The van der Waals surface area contributed by atoms with Gasteiger partial charge in [0, 0.05) is 6.42 Å². The molecule has 0 radical (unpaired) electrons. The largest absolute Gasteiger partial charge is 0.342 e. The van der Waals surface area contributed by atoms with Gasteiger partial charge >= 0.3 is 0 Å². The van der Waals surface area contributed by atoms with E-state index in [1.807, 2.05) is 6.07 Å². The standard InChI is InChI=1S/C16H14Cl2N2/c1-10-4-2-3-5-11(10)6-7-16-19-14-8-12(17)13(18)9-15(14)20-16/h2-5,8-9H,6-7H2,1H3,(H,19,20). The number of nitrogens with one attached hydrogen (secondary N) is 1. The van der Waals surface area contributed by atoms with E-state index in [1.165, 1.54) is 11.1 Å². The first-order chi connectivity index (χ1) is 9.63. The molecule has 0 saturated carbocycles. The molecule has 0 aliphatic carbocycles. The Kier molecular flexibility index (Phi) is 3.68. The van der Waals surface area contributed by atoms with Gasteiger partial charge in [0.2, 0.25) is 0 Å². The van der Waals surface area contributed by atoms with Crippen LogP contribution in [-0.4, -0.2) is 9.97 Å². The van der Waals surface area contributed by atoms with Crippen LogP contribution in [0.2, 0.25) is 10.0 Å². The first-order valence-electron chi connectivity index (χ1n) is 6.51. The molecule has 0 bridgehead atoms. The molecule has 0 spiro atoms. The van der Waals surface area contributed by atoms with E-state index in [4.69, 9.17) is 23.2 Å². The van der Waals surface area contributed by atoms with Crippen LogP contribution in [0.4, 0.5) is 0 Å². The van der Waals surface area contributed by atoms with Crippen LogP contribution in [0.1, 0.15) is 17.0 Å². The highest BCUT2D eigenvalue weighted by atomic mass is 35.5. The SMILES string of the molecule is Cc1ccccc1CCc1nc2cc(Cl)c(Cl)cc2[nH]1. The van der Waals surface area contributed by atoms with Crippen molar-refractivity contribution in [3.05, 3.63) is 63.4 Å². The maximum Gasteiger partial charge on any atom is 0.107 e. The zero-order valence-electron chi connectivity index (χ0n) is 11.1. The summed E-state index contributed by atoms with van der Waals surface area (Å²) in [4.78, 5) is 7.86. The van der Waals surface area contributed by atoms with Crippen LogP contribution < -0.4 is 0 Å². The Bertz CT molecular complexity index is 723. The lowest BCUT2D eigenvalue weighted by Crippen LogP contribution is -1.95. The van der Waals surface area contributed by atoms with E-state index in [0.717, 1.165) is 29.7 Å². The fourth-order valence-electron chi connectivity index (χ4n) is 2.32. The summed E-state index contributed by atoms with van der Waals surface area (Å²) in [6.07, 6.45) is 1.84. The summed E-state index contributed by atoms with van der Waals surface area (Å²) >= 11 is 12.0. The second-order valence-corrected chi connectivity index (χ2v) is 5.71. The van der Waals surface area contributed by atoms with E-state index >= 15 is 0 Å². The summed E-state index contributed by atoms with van der Waals surface area (Å²) in [5.41, 5.74) is 4.46. The highest BCUT2D eigenvalue weighted by molar-refractivity contribution is 6.42. The van der Waals surface area contributed by atoms with Gasteiger partial charge < -0.3 is 4.98 Å². The van der Waals surface area contributed by atoms with Gasteiger partial charge in [-0.1, -0.05) is 47.5 Å². The van der Waals surface area contributed by atoms with Gasteiger partial charge in [-0.3, -0.25) is 0 Å². The van der Waals surface area contributed by atoms with Gasteiger partial charge in [0.25, 0.3) is 0 Å². The van der Waals surface area contributed by atoms with Crippen molar-refractivity contribution in [1.82, 2.24) is 9.97 Å².